The Morgan fingerprint density at radius 2 is 0.863 bits per heavy atom. The van der Waals surface area contributed by atoms with Gasteiger partial charge in [-0.1, -0.05) is 203 Å². The van der Waals surface area contributed by atoms with E-state index in [0.717, 1.165) is 0 Å². The maximum atomic E-state index is 2.74. The Bertz CT molecular complexity index is 3350. The van der Waals surface area contributed by atoms with Crippen molar-refractivity contribution in [1.82, 2.24) is 0 Å². The molecule has 0 fully saturated rings. The summed E-state index contributed by atoms with van der Waals surface area (Å²) in [5.74, 6) is 0. The first-order valence-electron chi connectivity index (χ1n) is 27.6. The zero-order valence-electron chi connectivity index (χ0n) is 47.5. The molecule has 0 saturated carbocycles. The number of benzene rings is 7. The van der Waals surface area contributed by atoms with E-state index in [1.165, 1.54) is 137 Å². The van der Waals surface area contributed by atoms with E-state index in [0.29, 0.717) is 0 Å². The van der Waals surface area contributed by atoms with Gasteiger partial charge in [0, 0.05) is 34.0 Å². The van der Waals surface area contributed by atoms with E-state index in [9.17, 15) is 0 Å². The molecule has 0 unspecified atom stereocenters. The normalized spacial score (nSPS) is 18.1. The first-order chi connectivity index (χ1) is 34.1. The van der Waals surface area contributed by atoms with Crippen LogP contribution in [0.25, 0.3) is 22.3 Å². The van der Waals surface area contributed by atoms with E-state index in [1.54, 1.807) is 0 Å². The summed E-state index contributed by atoms with van der Waals surface area (Å²) in [6.07, 6.45) is 4.70. The summed E-state index contributed by atoms with van der Waals surface area (Å²) >= 11 is 0. The van der Waals surface area contributed by atoms with Crippen molar-refractivity contribution in [1.29, 1.82) is 0 Å². The molecule has 4 aliphatic rings. The number of nitrogens with zero attached hydrogens (tertiary/aromatic N) is 2. The van der Waals surface area contributed by atoms with Crippen LogP contribution in [0, 0.1) is 0 Å². The van der Waals surface area contributed by atoms with Gasteiger partial charge in [0.2, 0.25) is 0 Å². The summed E-state index contributed by atoms with van der Waals surface area (Å²) in [5, 5.41) is 0. The summed E-state index contributed by atoms with van der Waals surface area (Å²) in [5.41, 5.74) is 26.8. The number of rotatable bonds is 4. The molecule has 374 valence electrons. The van der Waals surface area contributed by atoms with E-state index in [1.807, 2.05) is 0 Å². The third-order valence-corrected chi connectivity index (χ3v) is 18.2. The molecule has 0 aromatic heterocycles. The molecule has 0 amide bonds. The predicted octanol–water partition coefficient (Wildman–Crippen LogP) is 17.7. The van der Waals surface area contributed by atoms with Crippen LogP contribution in [0.15, 0.2) is 133 Å². The van der Waals surface area contributed by atoms with Crippen LogP contribution in [0.4, 0.5) is 34.1 Å². The van der Waals surface area contributed by atoms with Crippen LogP contribution in [-0.4, -0.2) is 6.71 Å². The number of hydrogen-bond acceptors (Lipinski definition) is 2. The summed E-state index contributed by atoms with van der Waals surface area (Å²) in [6.45, 7) is 41.3. The van der Waals surface area contributed by atoms with E-state index in [2.05, 4.69) is 261 Å². The zero-order valence-corrected chi connectivity index (χ0v) is 47.5. The number of anilines is 6. The molecule has 7 aromatic carbocycles. The van der Waals surface area contributed by atoms with Crippen LogP contribution < -0.4 is 26.2 Å². The second-order valence-corrected chi connectivity index (χ2v) is 28.4. The molecule has 0 saturated heterocycles. The van der Waals surface area contributed by atoms with Crippen molar-refractivity contribution < 1.29 is 0 Å². The molecule has 0 spiro atoms. The average Bonchev–Trinajstić information content (AvgIpc) is 3.33. The van der Waals surface area contributed by atoms with E-state index < -0.39 is 0 Å². The third kappa shape index (κ3) is 8.04. The molecule has 0 atom stereocenters. The van der Waals surface area contributed by atoms with Crippen molar-refractivity contribution >= 4 is 57.2 Å². The molecular weight excluding hydrogens is 880 g/mol. The van der Waals surface area contributed by atoms with E-state index in [4.69, 9.17) is 0 Å². The molecule has 7 aromatic rings. The molecule has 0 radical (unpaired) electrons. The Hall–Kier alpha value is -5.80. The molecule has 73 heavy (non-hydrogen) atoms. The topological polar surface area (TPSA) is 6.48 Å². The third-order valence-electron chi connectivity index (χ3n) is 18.2. The van der Waals surface area contributed by atoms with E-state index >= 15 is 0 Å². The van der Waals surface area contributed by atoms with Gasteiger partial charge in [-0.15, -0.1) is 0 Å². The standard InChI is InChI=1S/C70H81BN2/c1-64(2,3)46-28-31-58-56(36-46)71-57-42-54-55(70(16,17)35-34-69(54,14)15)43-60(57)72(48-29-30-51-53(39-48)68(12,13)33-32-67(51,10)11)61-37-47(65(4,5)6)38-62(63(61)71)73(58)59-41-49(44-24-20-18-21-25-44)52(66(7,8)9)40-50(59)45-26-22-19-23-27-45/h18-31,36-43H,32-35H2,1-17H3. The Labute approximate surface area is 440 Å². The van der Waals surface area contributed by atoms with Crippen molar-refractivity contribution in [3.05, 3.63) is 172 Å². The lowest BCUT2D eigenvalue weighted by Gasteiger charge is -2.48. The maximum absolute atomic E-state index is 2.74. The van der Waals surface area contributed by atoms with Crippen molar-refractivity contribution in [3.8, 4) is 22.3 Å². The van der Waals surface area contributed by atoms with Crippen molar-refractivity contribution in [2.75, 3.05) is 9.80 Å². The monoisotopic (exact) mass is 961 g/mol. The Morgan fingerprint density at radius 3 is 1.41 bits per heavy atom. The fourth-order valence-corrected chi connectivity index (χ4v) is 13.3. The summed E-state index contributed by atoms with van der Waals surface area (Å²) in [7, 11) is 0. The van der Waals surface area contributed by atoms with Gasteiger partial charge in [-0.3, -0.25) is 0 Å². The minimum Gasteiger partial charge on any atom is -0.311 e. The largest absolute Gasteiger partial charge is 0.311 e. The number of hydrogen-bond donors (Lipinski definition) is 0. The van der Waals surface area contributed by atoms with Gasteiger partial charge in [0.15, 0.2) is 0 Å². The highest BCUT2D eigenvalue weighted by atomic mass is 15.2. The van der Waals surface area contributed by atoms with Crippen molar-refractivity contribution in [2.24, 2.45) is 0 Å². The van der Waals surface area contributed by atoms with Gasteiger partial charge >= 0.3 is 0 Å². The molecule has 3 heteroatoms. The van der Waals surface area contributed by atoms with Crippen molar-refractivity contribution in [2.45, 2.75) is 181 Å². The second kappa shape index (κ2) is 16.4. The lowest BCUT2D eigenvalue weighted by atomic mass is 9.32. The maximum Gasteiger partial charge on any atom is 0.252 e. The molecule has 2 aliphatic carbocycles. The quantitative estimate of drug-likeness (QED) is 0.162. The molecule has 11 rings (SSSR count). The molecule has 0 bridgehead atoms. The fourth-order valence-electron chi connectivity index (χ4n) is 13.3. The van der Waals surface area contributed by atoms with Crippen LogP contribution >= 0.6 is 0 Å². The van der Waals surface area contributed by atoms with Crippen molar-refractivity contribution in [3.63, 3.8) is 0 Å². The molecule has 2 nitrogen and oxygen atoms in total. The Balaban J connectivity index is 1.32. The minimum atomic E-state index is -0.147. The summed E-state index contributed by atoms with van der Waals surface area (Å²) < 4.78 is 0. The van der Waals surface area contributed by atoms with Gasteiger partial charge in [-0.05, 0) is 184 Å². The van der Waals surface area contributed by atoms with Gasteiger partial charge in [-0.2, -0.15) is 0 Å². The predicted molar refractivity (Wildman–Crippen MR) is 318 cm³/mol. The average molecular weight is 961 g/mol. The Kier molecular flexibility index (Phi) is 11.1. The van der Waals surface area contributed by atoms with Crippen LogP contribution in [0.2, 0.25) is 0 Å². The van der Waals surface area contributed by atoms with Crippen LogP contribution in [-0.2, 0) is 37.9 Å². The first-order valence-corrected chi connectivity index (χ1v) is 27.6. The Morgan fingerprint density at radius 1 is 0.370 bits per heavy atom. The second-order valence-electron chi connectivity index (χ2n) is 28.4. The summed E-state index contributed by atoms with van der Waals surface area (Å²) in [4.78, 5) is 5.45. The summed E-state index contributed by atoms with van der Waals surface area (Å²) in [6, 6.07) is 53.1. The SMILES string of the molecule is CC(C)(C)c1ccc2c(c1)B1c3cc4c(cc3N(c3ccc5c(c3)C(C)(C)CCC5(C)C)c3cc(C(C)(C)C)cc(c31)N2c1cc(-c2ccccc2)c(C(C)(C)C)cc1-c1ccccc1)C(C)(C)CCC4(C)C. The van der Waals surface area contributed by atoms with Crippen LogP contribution in [0.1, 0.15) is 182 Å². The molecule has 2 heterocycles. The van der Waals surface area contributed by atoms with Gasteiger partial charge in [0.1, 0.15) is 0 Å². The van der Waals surface area contributed by atoms with E-state index in [-0.39, 0.29) is 44.6 Å². The number of fused-ring (bicyclic) bond motifs is 6. The van der Waals surface area contributed by atoms with Gasteiger partial charge in [-0.25, -0.2) is 0 Å². The molecule has 2 aliphatic heterocycles. The molecular formula is C70H81BN2. The highest BCUT2D eigenvalue weighted by Crippen LogP contribution is 2.55. The molecule has 0 N–H and O–H groups in total. The lowest BCUT2D eigenvalue weighted by molar-refractivity contribution is 0.332. The highest BCUT2D eigenvalue weighted by molar-refractivity contribution is 7.00. The van der Waals surface area contributed by atoms with Gasteiger partial charge < -0.3 is 9.80 Å². The van der Waals surface area contributed by atoms with Gasteiger partial charge in [0.05, 0.1) is 5.69 Å². The fraction of sp³-hybridized carbons (Fsp3) is 0.400. The zero-order chi connectivity index (χ0) is 52.2. The minimum absolute atomic E-state index is 0.000533. The smallest absolute Gasteiger partial charge is 0.252 e. The highest BCUT2D eigenvalue weighted by Gasteiger charge is 2.48. The first kappa shape index (κ1) is 49.4. The van der Waals surface area contributed by atoms with Crippen LogP contribution in [0.3, 0.4) is 0 Å². The van der Waals surface area contributed by atoms with Gasteiger partial charge in [0.25, 0.3) is 6.71 Å². The van der Waals surface area contributed by atoms with Crippen LogP contribution in [0.5, 0.6) is 0 Å². The lowest BCUT2D eigenvalue weighted by Crippen LogP contribution is -2.62.